The van der Waals surface area contributed by atoms with Crippen molar-refractivity contribution in [3.63, 3.8) is 0 Å². The van der Waals surface area contributed by atoms with E-state index in [2.05, 4.69) is 25.4 Å². The van der Waals surface area contributed by atoms with E-state index < -0.39 is 11.7 Å². The van der Waals surface area contributed by atoms with Crippen LogP contribution in [0.25, 0.3) is 16.9 Å². The highest BCUT2D eigenvalue weighted by Crippen LogP contribution is 2.28. The lowest BCUT2D eigenvalue weighted by molar-refractivity contribution is 0.102. The van der Waals surface area contributed by atoms with Gasteiger partial charge in [-0.05, 0) is 13.0 Å². The monoisotopic (exact) mass is 366 g/mol. The number of aryl methyl sites for hydroxylation is 1. The van der Waals surface area contributed by atoms with Crippen molar-refractivity contribution in [2.45, 2.75) is 6.92 Å². The molecule has 4 rings (SSSR count). The van der Waals surface area contributed by atoms with Crippen LogP contribution in [0.1, 0.15) is 16.2 Å². The standard InChI is InChI=1S/C17H15FN8O/c1-9-21-7-13(25(9)2)11-3-4-20-6-12(11)23-17(27)14-15(19)24-26-8-10(18)5-22-16(14)26/h3-8H,1-2H3,(H2,19,24)(H,23,27). The summed E-state index contributed by atoms with van der Waals surface area (Å²) in [6, 6.07) is 1.78. The molecule has 9 nitrogen and oxygen atoms in total. The Labute approximate surface area is 152 Å². The van der Waals surface area contributed by atoms with Crippen molar-refractivity contribution in [3.05, 3.63) is 54.3 Å². The molecule has 27 heavy (non-hydrogen) atoms. The van der Waals surface area contributed by atoms with Crippen molar-refractivity contribution in [1.29, 1.82) is 0 Å². The molecule has 136 valence electrons. The molecule has 0 saturated carbocycles. The minimum absolute atomic E-state index is 0.0487. The Balaban J connectivity index is 1.75. The van der Waals surface area contributed by atoms with Crippen LogP contribution in [-0.4, -0.2) is 35.0 Å². The smallest absolute Gasteiger partial charge is 0.263 e. The number of carbonyl (C=O) groups is 1. The summed E-state index contributed by atoms with van der Waals surface area (Å²) in [5, 5.41) is 6.72. The molecule has 4 aromatic rings. The number of nitrogens with two attached hydrogens (primary N) is 1. The Morgan fingerprint density at radius 3 is 2.81 bits per heavy atom. The largest absolute Gasteiger partial charge is 0.381 e. The summed E-state index contributed by atoms with van der Waals surface area (Å²) in [6.07, 6.45) is 6.98. The van der Waals surface area contributed by atoms with Crippen molar-refractivity contribution in [1.82, 2.24) is 29.1 Å². The molecule has 0 unspecified atom stereocenters. The van der Waals surface area contributed by atoms with Crippen molar-refractivity contribution in [3.8, 4) is 11.3 Å². The molecule has 0 radical (unpaired) electrons. The summed E-state index contributed by atoms with van der Waals surface area (Å²) < 4.78 is 16.4. The van der Waals surface area contributed by atoms with Gasteiger partial charge >= 0.3 is 0 Å². The first-order chi connectivity index (χ1) is 13.0. The van der Waals surface area contributed by atoms with Gasteiger partial charge in [0.1, 0.15) is 11.4 Å². The van der Waals surface area contributed by atoms with Gasteiger partial charge in [-0.3, -0.25) is 9.78 Å². The number of anilines is 2. The van der Waals surface area contributed by atoms with Crippen LogP contribution >= 0.6 is 0 Å². The second-order valence-corrected chi connectivity index (χ2v) is 5.93. The maximum Gasteiger partial charge on any atom is 0.263 e. The zero-order valence-corrected chi connectivity index (χ0v) is 14.5. The van der Waals surface area contributed by atoms with Crippen LogP contribution in [-0.2, 0) is 7.05 Å². The van der Waals surface area contributed by atoms with Crippen LogP contribution in [0.5, 0.6) is 0 Å². The summed E-state index contributed by atoms with van der Waals surface area (Å²) in [4.78, 5) is 25.1. The zero-order chi connectivity index (χ0) is 19.1. The number of pyridine rings is 1. The van der Waals surface area contributed by atoms with Gasteiger partial charge in [0.05, 0.1) is 36.2 Å². The molecule has 0 saturated heterocycles. The fraction of sp³-hybridized carbons (Fsp3) is 0.118. The van der Waals surface area contributed by atoms with Gasteiger partial charge in [-0.15, -0.1) is 5.10 Å². The van der Waals surface area contributed by atoms with E-state index in [0.29, 0.717) is 5.69 Å². The van der Waals surface area contributed by atoms with Crippen molar-refractivity contribution < 1.29 is 9.18 Å². The Morgan fingerprint density at radius 1 is 1.26 bits per heavy atom. The predicted octanol–water partition coefficient (Wildman–Crippen LogP) is 1.81. The molecule has 0 fully saturated rings. The third-order valence-electron chi connectivity index (χ3n) is 4.26. The predicted molar refractivity (Wildman–Crippen MR) is 96.5 cm³/mol. The number of nitrogens with one attached hydrogen (secondary N) is 1. The highest BCUT2D eigenvalue weighted by Gasteiger charge is 2.21. The van der Waals surface area contributed by atoms with Gasteiger partial charge in [-0.2, -0.15) is 0 Å². The molecular weight excluding hydrogens is 351 g/mol. The Kier molecular flexibility index (Phi) is 3.80. The number of halogens is 1. The number of nitrogen functional groups attached to an aromatic ring is 1. The van der Waals surface area contributed by atoms with Gasteiger partial charge in [0.2, 0.25) is 0 Å². The third-order valence-corrected chi connectivity index (χ3v) is 4.26. The molecule has 0 aliphatic rings. The Bertz CT molecular complexity index is 1180. The van der Waals surface area contributed by atoms with Gasteiger partial charge in [0.15, 0.2) is 17.3 Å². The number of rotatable bonds is 3. The third kappa shape index (κ3) is 2.76. The second-order valence-electron chi connectivity index (χ2n) is 5.93. The molecule has 0 spiro atoms. The fourth-order valence-corrected chi connectivity index (χ4v) is 2.80. The summed E-state index contributed by atoms with van der Waals surface area (Å²) >= 11 is 0. The molecule has 1 amide bonds. The van der Waals surface area contributed by atoms with Crippen LogP contribution in [0.3, 0.4) is 0 Å². The van der Waals surface area contributed by atoms with E-state index in [1.54, 1.807) is 18.5 Å². The minimum atomic E-state index is -0.585. The van der Waals surface area contributed by atoms with E-state index in [0.717, 1.165) is 34.0 Å². The first-order valence-corrected chi connectivity index (χ1v) is 7.99. The van der Waals surface area contributed by atoms with E-state index >= 15 is 0 Å². The molecule has 4 heterocycles. The number of fused-ring (bicyclic) bond motifs is 1. The average molecular weight is 366 g/mol. The summed E-state index contributed by atoms with van der Waals surface area (Å²) in [6.45, 7) is 1.88. The molecule has 0 aliphatic carbocycles. The number of aromatic nitrogens is 6. The average Bonchev–Trinajstić information content (AvgIpc) is 3.14. The van der Waals surface area contributed by atoms with Crippen molar-refractivity contribution in [2.75, 3.05) is 11.1 Å². The van der Waals surface area contributed by atoms with Crippen LogP contribution in [0.4, 0.5) is 15.9 Å². The molecular formula is C17H15FN8O. The summed E-state index contributed by atoms with van der Waals surface area (Å²) in [5.41, 5.74) is 8.11. The minimum Gasteiger partial charge on any atom is -0.381 e. The Hall–Kier alpha value is -3.82. The summed E-state index contributed by atoms with van der Waals surface area (Å²) in [5.74, 6) is -0.322. The molecule has 0 aliphatic heterocycles. The number of carbonyl (C=O) groups excluding carboxylic acids is 1. The fourth-order valence-electron chi connectivity index (χ4n) is 2.80. The molecule has 0 bridgehead atoms. The van der Waals surface area contributed by atoms with Gasteiger partial charge in [0, 0.05) is 18.8 Å². The highest BCUT2D eigenvalue weighted by atomic mass is 19.1. The van der Waals surface area contributed by atoms with Gasteiger partial charge in [-0.1, -0.05) is 0 Å². The van der Waals surface area contributed by atoms with Crippen LogP contribution in [0, 0.1) is 12.7 Å². The number of nitrogens with zero attached hydrogens (tertiary/aromatic N) is 6. The van der Waals surface area contributed by atoms with Crippen LogP contribution in [0.15, 0.2) is 37.1 Å². The van der Waals surface area contributed by atoms with E-state index in [9.17, 15) is 9.18 Å². The number of hydrogen-bond donors (Lipinski definition) is 2. The first-order valence-electron chi connectivity index (χ1n) is 7.99. The quantitative estimate of drug-likeness (QED) is 0.571. The number of hydrogen-bond acceptors (Lipinski definition) is 6. The second kappa shape index (κ2) is 6.16. The molecule has 4 aromatic heterocycles. The molecule has 3 N–H and O–H groups in total. The maximum atomic E-state index is 13.3. The first kappa shape index (κ1) is 16.6. The molecule has 0 atom stereocenters. The number of amides is 1. The maximum absolute atomic E-state index is 13.3. The highest BCUT2D eigenvalue weighted by molar-refractivity contribution is 6.12. The lowest BCUT2D eigenvalue weighted by atomic mass is 10.1. The van der Waals surface area contributed by atoms with E-state index in [1.807, 2.05) is 18.5 Å². The van der Waals surface area contributed by atoms with Crippen molar-refractivity contribution >= 4 is 23.1 Å². The summed E-state index contributed by atoms with van der Waals surface area (Å²) in [7, 11) is 1.88. The zero-order valence-electron chi connectivity index (χ0n) is 14.5. The lowest BCUT2D eigenvalue weighted by Gasteiger charge is -2.11. The molecule has 10 heteroatoms. The van der Waals surface area contributed by atoms with Crippen LogP contribution < -0.4 is 11.1 Å². The Morgan fingerprint density at radius 2 is 2.07 bits per heavy atom. The van der Waals surface area contributed by atoms with Gasteiger partial charge < -0.3 is 15.6 Å². The SMILES string of the molecule is Cc1ncc(-c2ccncc2NC(=O)c2c(N)nn3cc(F)cnc23)n1C. The van der Waals surface area contributed by atoms with Crippen molar-refractivity contribution in [2.24, 2.45) is 7.05 Å². The number of imidazole rings is 1. The van der Waals surface area contributed by atoms with E-state index in [4.69, 9.17) is 5.73 Å². The van der Waals surface area contributed by atoms with E-state index in [1.165, 1.54) is 6.20 Å². The topological polar surface area (TPSA) is 116 Å². The lowest BCUT2D eigenvalue weighted by Crippen LogP contribution is -2.15. The van der Waals surface area contributed by atoms with Gasteiger partial charge in [0.25, 0.3) is 5.91 Å². The normalized spacial score (nSPS) is 11.1. The van der Waals surface area contributed by atoms with Crippen LogP contribution in [0.2, 0.25) is 0 Å². The van der Waals surface area contributed by atoms with E-state index in [-0.39, 0.29) is 17.0 Å². The van der Waals surface area contributed by atoms with Gasteiger partial charge in [-0.25, -0.2) is 18.9 Å². The molecule has 0 aromatic carbocycles.